The molecule has 1 fully saturated rings. The minimum absolute atomic E-state index is 0.0457. The fraction of sp³-hybridized carbons (Fsp3) is 0.658. The highest BCUT2D eigenvalue weighted by atomic mass is 32.2. The molecule has 1 amide bonds. The first-order valence-corrected chi connectivity index (χ1v) is 20.0. The third-order valence-electron chi connectivity index (χ3n) is 9.02. The lowest BCUT2D eigenvalue weighted by molar-refractivity contribution is -0.122. The lowest BCUT2D eigenvalue weighted by atomic mass is 10.00. The zero-order valence-electron chi connectivity index (χ0n) is 30.2. The Bertz CT molecular complexity index is 1250. The number of unbranched alkanes of at least 4 members (excludes halogenated alkanes) is 5. The number of benzene rings is 2. The zero-order valence-corrected chi connectivity index (χ0v) is 31.0. The summed E-state index contributed by atoms with van der Waals surface area (Å²) in [6, 6.07) is 13.1. The molecule has 0 saturated carbocycles. The van der Waals surface area contributed by atoms with Crippen molar-refractivity contribution in [1.29, 1.82) is 0 Å². The number of amides is 1. The van der Waals surface area contributed by atoms with E-state index in [4.69, 9.17) is 0 Å². The van der Waals surface area contributed by atoms with Gasteiger partial charge in [0.2, 0.25) is 15.9 Å². The molecular weight excluding hydrogens is 609 g/mol. The number of para-hydroxylation sites is 1. The van der Waals surface area contributed by atoms with Gasteiger partial charge in [0.25, 0.3) is 0 Å². The number of aliphatic hydroxyl groups is 1. The van der Waals surface area contributed by atoms with E-state index >= 15 is 0 Å². The van der Waals surface area contributed by atoms with Gasteiger partial charge in [-0.1, -0.05) is 89.6 Å². The summed E-state index contributed by atoms with van der Waals surface area (Å²) in [5.74, 6) is 0.170. The summed E-state index contributed by atoms with van der Waals surface area (Å²) in [7, 11) is -3.27. The van der Waals surface area contributed by atoms with Crippen LogP contribution in [0.1, 0.15) is 121 Å². The Hall–Kier alpha value is -2.46. The number of likely N-dealkylation sites (tertiary alicyclic amines) is 1. The van der Waals surface area contributed by atoms with E-state index in [0.29, 0.717) is 12.1 Å². The smallest absolute Gasteiger partial charge is 0.241 e. The molecule has 3 N–H and O–H groups in total. The Morgan fingerprint density at radius 3 is 2.17 bits per heavy atom. The Balaban J connectivity index is 0.000000333. The fourth-order valence-corrected chi connectivity index (χ4v) is 6.73. The fourth-order valence-electron chi connectivity index (χ4n) is 6.16. The lowest BCUT2D eigenvalue weighted by Crippen LogP contribution is -2.47. The van der Waals surface area contributed by atoms with Crippen molar-refractivity contribution >= 4 is 27.3 Å². The molecule has 9 heteroatoms. The maximum atomic E-state index is 12.7. The monoisotopic (exact) mass is 672 g/mol. The molecule has 0 aromatic heterocycles. The number of nitrogens with one attached hydrogen (secondary N) is 2. The van der Waals surface area contributed by atoms with E-state index in [1.807, 2.05) is 6.07 Å². The van der Waals surface area contributed by atoms with Gasteiger partial charge < -0.3 is 15.3 Å². The average Bonchev–Trinajstić information content (AvgIpc) is 3.04. The molecule has 0 radical (unpaired) electrons. The van der Waals surface area contributed by atoms with Gasteiger partial charge in [0.1, 0.15) is 0 Å². The van der Waals surface area contributed by atoms with Crippen LogP contribution in [0, 0.1) is 13.8 Å². The molecule has 266 valence electrons. The van der Waals surface area contributed by atoms with Crippen LogP contribution < -0.4 is 10.0 Å². The van der Waals surface area contributed by atoms with E-state index in [9.17, 15) is 18.3 Å². The number of sulfonamides is 1. The van der Waals surface area contributed by atoms with Gasteiger partial charge in [0.15, 0.2) is 0 Å². The molecule has 1 aliphatic heterocycles. The van der Waals surface area contributed by atoms with E-state index in [0.717, 1.165) is 80.6 Å². The highest BCUT2D eigenvalue weighted by Gasteiger charge is 2.28. The van der Waals surface area contributed by atoms with Crippen LogP contribution in [-0.2, 0) is 14.8 Å². The highest BCUT2D eigenvalue weighted by Crippen LogP contribution is 2.24. The number of carbonyl (C=O) groups excluding carboxylic acids is 1. The van der Waals surface area contributed by atoms with E-state index in [1.165, 1.54) is 51.4 Å². The minimum atomic E-state index is -3.27. The van der Waals surface area contributed by atoms with Crippen molar-refractivity contribution in [3.63, 3.8) is 0 Å². The van der Waals surface area contributed by atoms with Gasteiger partial charge in [-0.05, 0) is 114 Å². The van der Waals surface area contributed by atoms with Crippen molar-refractivity contribution < 1.29 is 18.3 Å². The molecule has 0 aliphatic carbocycles. The molecule has 0 bridgehead atoms. The number of nitrogens with zero attached hydrogens (tertiary/aromatic N) is 2. The van der Waals surface area contributed by atoms with E-state index in [-0.39, 0.29) is 11.9 Å². The summed E-state index contributed by atoms with van der Waals surface area (Å²) in [4.78, 5) is 17.5. The first-order valence-electron chi connectivity index (χ1n) is 18.1. The molecule has 0 spiro atoms. The molecule has 3 rings (SSSR count). The van der Waals surface area contributed by atoms with Crippen molar-refractivity contribution in [1.82, 2.24) is 9.80 Å². The second kappa shape index (κ2) is 22.2. The zero-order chi connectivity index (χ0) is 34.7. The van der Waals surface area contributed by atoms with Crippen LogP contribution in [-0.4, -0.2) is 74.3 Å². The molecular formula is C38H64N4O4S. The summed E-state index contributed by atoms with van der Waals surface area (Å²) in [6.45, 7) is 16.0. The third-order valence-corrected chi connectivity index (χ3v) is 9.63. The number of aryl methyl sites for hydroxylation is 2. The van der Waals surface area contributed by atoms with Crippen LogP contribution in [0.5, 0.6) is 0 Å². The molecule has 1 aliphatic rings. The maximum Gasteiger partial charge on any atom is 0.241 e. The summed E-state index contributed by atoms with van der Waals surface area (Å²) < 4.78 is 24.9. The maximum absolute atomic E-state index is 12.7. The Morgan fingerprint density at radius 1 is 0.915 bits per heavy atom. The number of hydrogen-bond donors (Lipinski definition) is 3. The average molecular weight is 673 g/mol. The van der Waals surface area contributed by atoms with E-state index in [1.54, 1.807) is 24.3 Å². The number of anilines is 2. The van der Waals surface area contributed by atoms with Crippen LogP contribution in [0.15, 0.2) is 42.5 Å². The standard InChI is InChI=1S/C20H36N2O3S.C18H28N2O/c1-4-6-7-8-9-16-22(5-2)17-10-11-20(23)18-12-14-19(15-13-18)21-26(3,24)25;1-4-5-12-20-13-7-6-11-16(20)18(21)19-17-14(2)9-8-10-15(17)3/h12-15,20-21,23H,4-11,16-17H2,1-3H3;8-10,16H,4-7,11-13H2,1-3H3,(H,19,21). The number of rotatable bonds is 19. The van der Waals surface area contributed by atoms with Crippen LogP contribution in [0.4, 0.5) is 11.4 Å². The Labute approximate surface area is 286 Å². The Morgan fingerprint density at radius 2 is 1.55 bits per heavy atom. The van der Waals surface area contributed by atoms with Crippen molar-refractivity contribution in [3.05, 3.63) is 59.2 Å². The summed E-state index contributed by atoms with van der Waals surface area (Å²) >= 11 is 0. The molecule has 8 nitrogen and oxygen atoms in total. The van der Waals surface area contributed by atoms with Gasteiger partial charge in [-0.2, -0.15) is 0 Å². The summed E-state index contributed by atoms with van der Waals surface area (Å²) in [6.07, 6.45) is 14.5. The normalized spacial score (nSPS) is 16.0. The Kier molecular flexibility index (Phi) is 19.3. The van der Waals surface area contributed by atoms with Crippen molar-refractivity contribution in [2.45, 2.75) is 124 Å². The predicted octanol–water partition coefficient (Wildman–Crippen LogP) is 8.06. The summed E-state index contributed by atoms with van der Waals surface area (Å²) in [5, 5.41) is 13.5. The SMILES string of the molecule is CCCCCCCN(CC)CCCC(O)c1ccc(NS(C)(=O)=O)cc1.CCCCN1CCCCC1C(=O)Nc1c(C)cccc1C. The van der Waals surface area contributed by atoms with Gasteiger partial charge in [-0.15, -0.1) is 0 Å². The lowest BCUT2D eigenvalue weighted by Gasteiger charge is -2.34. The number of piperidine rings is 1. The molecule has 1 heterocycles. The second-order valence-corrected chi connectivity index (χ2v) is 14.9. The quantitative estimate of drug-likeness (QED) is 0.131. The summed E-state index contributed by atoms with van der Waals surface area (Å²) in [5.41, 5.74) is 4.61. The molecule has 1 saturated heterocycles. The highest BCUT2D eigenvalue weighted by molar-refractivity contribution is 7.92. The van der Waals surface area contributed by atoms with Crippen molar-refractivity contribution in [2.24, 2.45) is 0 Å². The minimum Gasteiger partial charge on any atom is -0.388 e. The first kappa shape index (κ1) is 40.7. The first-order chi connectivity index (χ1) is 22.5. The van der Waals surface area contributed by atoms with Gasteiger partial charge in [0.05, 0.1) is 18.4 Å². The van der Waals surface area contributed by atoms with Crippen molar-refractivity contribution in [3.8, 4) is 0 Å². The van der Waals surface area contributed by atoms with Gasteiger partial charge >= 0.3 is 0 Å². The number of aliphatic hydroxyl groups excluding tert-OH is 1. The van der Waals surface area contributed by atoms with E-state index in [2.05, 4.69) is 66.6 Å². The molecule has 2 aromatic rings. The molecule has 47 heavy (non-hydrogen) atoms. The number of carbonyl (C=O) groups is 1. The van der Waals surface area contributed by atoms with Crippen LogP contribution >= 0.6 is 0 Å². The van der Waals surface area contributed by atoms with Crippen LogP contribution in [0.2, 0.25) is 0 Å². The largest absolute Gasteiger partial charge is 0.388 e. The second-order valence-electron chi connectivity index (χ2n) is 13.2. The predicted molar refractivity (Wildman–Crippen MR) is 199 cm³/mol. The van der Waals surface area contributed by atoms with Gasteiger partial charge in [-0.25, -0.2) is 8.42 Å². The van der Waals surface area contributed by atoms with Gasteiger partial charge in [0, 0.05) is 11.4 Å². The topological polar surface area (TPSA) is 102 Å². The molecule has 2 unspecified atom stereocenters. The molecule has 2 aromatic carbocycles. The number of hydrogen-bond acceptors (Lipinski definition) is 6. The van der Waals surface area contributed by atoms with E-state index < -0.39 is 16.1 Å². The van der Waals surface area contributed by atoms with Crippen molar-refractivity contribution in [2.75, 3.05) is 49.0 Å². The van der Waals surface area contributed by atoms with Crippen LogP contribution in [0.3, 0.4) is 0 Å². The van der Waals surface area contributed by atoms with Gasteiger partial charge in [-0.3, -0.25) is 14.4 Å². The third kappa shape index (κ3) is 16.0. The molecule has 2 atom stereocenters. The van der Waals surface area contributed by atoms with Crippen LogP contribution in [0.25, 0.3) is 0 Å².